The molecule has 4 atom stereocenters. The lowest BCUT2D eigenvalue weighted by Crippen LogP contribution is -2.43. The van der Waals surface area contributed by atoms with Gasteiger partial charge >= 0.3 is 0 Å². The maximum atomic E-state index is 12.6. The van der Waals surface area contributed by atoms with Crippen LogP contribution in [0.15, 0.2) is 23.3 Å². The summed E-state index contributed by atoms with van der Waals surface area (Å²) in [4.78, 5) is 36.4. The first-order chi connectivity index (χ1) is 12.6. The quantitative estimate of drug-likeness (QED) is 0.347. The van der Waals surface area contributed by atoms with Gasteiger partial charge in [-0.15, -0.1) is 11.3 Å². The van der Waals surface area contributed by atoms with E-state index in [1.807, 2.05) is 13.1 Å². The average molecular weight is 373 g/mol. The molecule has 8 heteroatoms. The molecule has 4 rings (SSSR count). The van der Waals surface area contributed by atoms with E-state index >= 15 is 0 Å². The third-order valence-corrected chi connectivity index (χ3v) is 6.40. The molecular formula is C18H23N5O2S. The predicted molar refractivity (Wildman–Crippen MR) is 99.5 cm³/mol. The molecule has 0 spiro atoms. The number of carbonyl (C=O) groups is 2. The van der Waals surface area contributed by atoms with Gasteiger partial charge in [0.2, 0.25) is 11.8 Å². The van der Waals surface area contributed by atoms with Gasteiger partial charge in [-0.1, -0.05) is 12.2 Å². The van der Waals surface area contributed by atoms with Crippen LogP contribution >= 0.6 is 11.3 Å². The van der Waals surface area contributed by atoms with E-state index < -0.39 is 0 Å². The third-order valence-electron chi connectivity index (χ3n) is 5.49. The lowest BCUT2D eigenvalue weighted by Gasteiger charge is -2.18. The van der Waals surface area contributed by atoms with Crippen LogP contribution in [0, 0.1) is 30.6 Å². The highest BCUT2D eigenvalue weighted by molar-refractivity contribution is 7.11. The number of aromatic nitrogens is 1. The van der Waals surface area contributed by atoms with Crippen LogP contribution in [-0.2, 0) is 16.1 Å². The highest BCUT2D eigenvalue weighted by atomic mass is 32.1. The molecular weight excluding hydrogens is 350 g/mol. The molecule has 2 N–H and O–H groups in total. The number of rotatable bonds is 5. The Labute approximate surface area is 156 Å². The minimum absolute atomic E-state index is 0.000132. The molecule has 0 aromatic carbocycles. The molecule has 1 saturated carbocycles. The van der Waals surface area contributed by atoms with Crippen LogP contribution in [0.25, 0.3) is 0 Å². The summed E-state index contributed by atoms with van der Waals surface area (Å²) < 4.78 is 0. The number of aliphatic imine (C=N–C) groups is 1. The first-order valence-electron chi connectivity index (χ1n) is 8.98. The molecule has 1 saturated heterocycles. The van der Waals surface area contributed by atoms with Gasteiger partial charge in [0.05, 0.1) is 18.4 Å². The molecule has 2 bridgehead atoms. The second kappa shape index (κ2) is 6.83. The highest BCUT2D eigenvalue weighted by Gasteiger charge is 2.58. The number of hydrogen-bond donors (Lipinski definition) is 2. The number of nitrogens with zero attached hydrogens (tertiary/aromatic N) is 3. The number of likely N-dealkylation sites (tertiary alicyclic amines) is 1. The van der Waals surface area contributed by atoms with E-state index in [9.17, 15) is 9.59 Å². The normalized spacial score (nSPS) is 29.6. The number of hydrogen-bond acceptors (Lipinski definition) is 5. The number of amides is 2. The van der Waals surface area contributed by atoms with Crippen molar-refractivity contribution in [1.82, 2.24) is 20.5 Å². The smallest absolute Gasteiger partial charge is 0.233 e. The summed E-state index contributed by atoms with van der Waals surface area (Å²) in [5.41, 5.74) is 0. The van der Waals surface area contributed by atoms with Crippen LogP contribution < -0.4 is 10.6 Å². The second-order valence-electron chi connectivity index (χ2n) is 7.05. The molecule has 1 aromatic rings. The Morgan fingerprint density at radius 3 is 2.54 bits per heavy atom. The highest BCUT2D eigenvalue weighted by Crippen LogP contribution is 2.52. The molecule has 26 heavy (non-hydrogen) atoms. The Kier molecular flexibility index (Phi) is 4.52. The molecule has 2 aliphatic carbocycles. The summed E-state index contributed by atoms with van der Waals surface area (Å²) in [6, 6.07) is 0. The van der Waals surface area contributed by atoms with Crippen LogP contribution in [0.1, 0.15) is 16.3 Å². The van der Waals surface area contributed by atoms with E-state index in [-0.39, 0.29) is 35.5 Å². The van der Waals surface area contributed by atoms with E-state index in [4.69, 9.17) is 0 Å². The van der Waals surface area contributed by atoms with E-state index in [0.717, 1.165) is 11.4 Å². The average Bonchev–Trinajstić information content (AvgIpc) is 3.38. The van der Waals surface area contributed by atoms with Crippen molar-refractivity contribution in [2.45, 2.75) is 19.9 Å². The standard InChI is InChI=1S/C18H23N5O2S/c1-10-8-21-13(26-10)9-22-18(19-2)20-5-6-23-16(24)14-11-3-4-12(7-11)15(14)17(23)25/h3-4,8,11-12,14-15H,5-7,9H2,1-2H3,(H2,19,20,22). The minimum atomic E-state index is -0.122. The monoisotopic (exact) mass is 373 g/mol. The van der Waals surface area contributed by atoms with Gasteiger partial charge in [0.1, 0.15) is 5.01 Å². The summed E-state index contributed by atoms with van der Waals surface area (Å²) in [6.45, 7) is 3.48. The zero-order chi connectivity index (χ0) is 18.3. The molecule has 4 unspecified atom stereocenters. The fourth-order valence-electron chi connectivity index (χ4n) is 4.33. The van der Waals surface area contributed by atoms with Crippen molar-refractivity contribution in [3.8, 4) is 0 Å². The van der Waals surface area contributed by atoms with Crippen molar-refractivity contribution in [1.29, 1.82) is 0 Å². The van der Waals surface area contributed by atoms with Crippen molar-refractivity contribution < 1.29 is 9.59 Å². The van der Waals surface area contributed by atoms with E-state index in [1.54, 1.807) is 18.4 Å². The molecule has 2 amide bonds. The Hall–Kier alpha value is -2.22. The summed E-state index contributed by atoms with van der Waals surface area (Å²) in [5.74, 6) is 0.913. The molecule has 0 radical (unpaired) electrons. The minimum Gasteiger partial charge on any atom is -0.355 e. The van der Waals surface area contributed by atoms with Gasteiger partial charge in [-0.05, 0) is 25.2 Å². The fraction of sp³-hybridized carbons (Fsp3) is 0.556. The Bertz CT molecular complexity index is 756. The Morgan fingerprint density at radius 2 is 1.96 bits per heavy atom. The first kappa shape index (κ1) is 17.2. The zero-order valence-electron chi connectivity index (χ0n) is 14.9. The summed E-state index contributed by atoms with van der Waals surface area (Å²) >= 11 is 1.64. The lowest BCUT2D eigenvalue weighted by atomic mass is 9.85. The Morgan fingerprint density at radius 1 is 1.27 bits per heavy atom. The summed E-state index contributed by atoms with van der Waals surface area (Å²) in [5, 5.41) is 7.36. The number of thiazole rings is 1. The van der Waals surface area contributed by atoms with Crippen molar-refractivity contribution in [3.05, 3.63) is 28.2 Å². The largest absolute Gasteiger partial charge is 0.355 e. The number of imide groups is 1. The maximum Gasteiger partial charge on any atom is 0.233 e. The summed E-state index contributed by atoms with van der Waals surface area (Å²) in [7, 11) is 1.70. The maximum absolute atomic E-state index is 12.6. The van der Waals surface area contributed by atoms with Gasteiger partial charge in [0.25, 0.3) is 0 Å². The number of allylic oxidation sites excluding steroid dienone is 2. The van der Waals surface area contributed by atoms with Crippen LogP contribution in [-0.4, -0.2) is 47.8 Å². The Balaban J connectivity index is 1.28. The predicted octanol–water partition coefficient (Wildman–Crippen LogP) is 0.924. The van der Waals surface area contributed by atoms with Gasteiger partial charge in [-0.25, -0.2) is 4.98 Å². The van der Waals surface area contributed by atoms with Gasteiger partial charge in [0, 0.05) is 31.2 Å². The number of nitrogens with one attached hydrogen (secondary N) is 2. The molecule has 138 valence electrons. The van der Waals surface area contributed by atoms with Crippen molar-refractivity contribution in [2.24, 2.45) is 28.7 Å². The van der Waals surface area contributed by atoms with E-state index in [2.05, 4.69) is 32.8 Å². The number of aryl methyl sites for hydroxylation is 1. The van der Waals surface area contributed by atoms with Gasteiger partial charge < -0.3 is 10.6 Å². The third kappa shape index (κ3) is 2.92. The number of fused-ring (bicyclic) bond motifs is 5. The number of guanidine groups is 1. The van der Waals surface area contributed by atoms with Crippen molar-refractivity contribution >= 4 is 29.1 Å². The number of carbonyl (C=O) groups excluding carboxylic acids is 2. The van der Waals surface area contributed by atoms with Crippen LogP contribution in [0.3, 0.4) is 0 Å². The van der Waals surface area contributed by atoms with Gasteiger partial charge in [0.15, 0.2) is 5.96 Å². The van der Waals surface area contributed by atoms with Gasteiger partial charge in [-0.3, -0.25) is 19.5 Å². The molecule has 2 fully saturated rings. The lowest BCUT2D eigenvalue weighted by molar-refractivity contribution is -0.140. The van der Waals surface area contributed by atoms with E-state index in [1.165, 1.54) is 9.78 Å². The SMILES string of the molecule is CN=C(NCCN1C(=O)C2C3C=CC(C3)C2C1=O)NCc1ncc(C)s1. The topological polar surface area (TPSA) is 86.7 Å². The molecule has 1 aliphatic heterocycles. The van der Waals surface area contributed by atoms with Gasteiger partial charge in [-0.2, -0.15) is 0 Å². The van der Waals surface area contributed by atoms with Crippen LogP contribution in [0.5, 0.6) is 0 Å². The zero-order valence-corrected chi connectivity index (χ0v) is 15.8. The molecule has 3 aliphatic rings. The molecule has 2 heterocycles. The first-order valence-corrected chi connectivity index (χ1v) is 9.79. The van der Waals surface area contributed by atoms with Crippen molar-refractivity contribution in [2.75, 3.05) is 20.1 Å². The van der Waals surface area contributed by atoms with E-state index in [0.29, 0.717) is 25.6 Å². The van der Waals surface area contributed by atoms with Crippen LogP contribution in [0.4, 0.5) is 0 Å². The fourth-order valence-corrected chi connectivity index (χ4v) is 5.06. The molecule has 7 nitrogen and oxygen atoms in total. The summed E-state index contributed by atoms with van der Waals surface area (Å²) in [6.07, 6.45) is 7.04. The molecule has 1 aromatic heterocycles. The second-order valence-corrected chi connectivity index (χ2v) is 8.36. The van der Waals surface area contributed by atoms with Crippen LogP contribution in [0.2, 0.25) is 0 Å². The van der Waals surface area contributed by atoms with Crippen molar-refractivity contribution in [3.63, 3.8) is 0 Å².